The van der Waals surface area contributed by atoms with E-state index >= 15 is 0 Å². The highest BCUT2D eigenvalue weighted by Crippen LogP contribution is 2.27. The van der Waals surface area contributed by atoms with E-state index in [1.54, 1.807) is 13.3 Å². The van der Waals surface area contributed by atoms with E-state index in [-0.39, 0.29) is 6.61 Å². The SMILES string of the molecule is CCCC[C@H](Sc1nc(CO)cn1Cc1ccc(OC)cc1)C(=O)O. The van der Waals surface area contributed by atoms with Gasteiger partial charge < -0.3 is 19.5 Å². The summed E-state index contributed by atoms with van der Waals surface area (Å²) in [6.07, 6.45) is 4.17. The first-order valence-electron chi connectivity index (χ1n) is 8.26. The number of hydrogen-bond acceptors (Lipinski definition) is 5. The molecular weight excluding hydrogens is 340 g/mol. The third-order valence-corrected chi connectivity index (χ3v) is 5.07. The van der Waals surface area contributed by atoms with Crippen LogP contribution in [0.2, 0.25) is 0 Å². The number of unbranched alkanes of at least 4 members (excludes halogenated alkanes) is 1. The van der Waals surface area contributed by atoms with Gasteiger partial charge in [-0.05, 0) is 24.1 Å². The summed E-state index contributed by atoms with van der Waals surface area (Å²) in [4.78, 5) is 15.9. The largest absolute Gasteiger partial charge is 0.497 e. The van der Waals surface area contributed by atoms with Gasteiger partial charge in [-0.3, -0.25) is 4.79 Å². The Bertz CT molecular complexity index is 685. The summed E-state index contributed by atoms with van der Waals surface area (Å²) < 4.78 is 7.05. The van der Waals surface area contributed by atoms with Crippen molar-refractivity contribution >= 4 is 17.7 Å². The number of methoxy groups -OCH3 is 1. The zero-order chi connectivity index (χ0) is 18.2. The van der Waals surface area contributed by atoms with Gasteiger partial charge in [0.05, 0.1) is 19.4 Å². The first-order chi connectivity index (χ1) is 12.1. The summed E-state index contributed by atoms with van der Waals surface area (Å²) in [7, 11) is 1.62. The van der Waals surface area contributed by atoms with Crippen molar-refractivity contribution in [1.82, 2.24) is 9.55 Å². The first kappa shape index (κ1) is 19.3. The predicted molar refractivity (Wildman–Crippen MR) is 97.1 cm³/mol. The molecule has 0 spiro atoms. The molecule has 1 heterocycles. The van der Waals surface area contributed by atoms with Gasteiger partial charge in [0.15, 0.2) is 5.16 Å². The van der Waals surface area contributed by atoms with Crippen molar-refractivity contribution in [2.45, 2.75) is 49.7 Å². The van der Waals surface area contributed by atoms with Gasteiger partial charge in [-0.25, -0.2) is 4.98 Å². The Balaban J connectivity index is 2.19. The van der Waals surface area contributed by atoms with E-state index in [0.29, 0.717) is 23.8 Å². The summed E-state index contributed by atoms with van der Waals surface area (Å²) in [5, 5.41) is 18.9. The predicted octanol–water partition coefficient (Wildman–Crippen LogP) is 3.17. The monoisotopic (exact) mass is 364 g/mol. The Morgan fingerprint density at radius 3 is 2.64 bits per heavy atom. The number of carboxylic acids is 1. The van der Waals surface area contributed by atoms with Crippen molar-refractivity contribution in [1.29, 1.82) is 0 Å². The van der Waals surface area contributed by atoms with E-state index in [1.807, 2.05) is 35.8 Å². The van der Waals surface area contributed by atoms with Crippen LogP contribution in [0.5, 0.6) is 5.75 Å². The van der Waals surface area contributed by atoms with Gasteiger partial charge in [-0.2, -0.15) is 0 Å². The highest BCUT2D eigenvalue weighted by molar-refractivity contribution is 8.00. The molecule has 1 atom stereocenters. The number of benzene rings is 1. The lowest BCUT2D eigenvalue weighted by Crippen LogP contribution is -2.17. The lowest BCUT2D eigenvalue weighted by molar-refractivity contribution is -0.136. The van der Waals surface area contributed by atoms with E-state index < -0.39 is 11.2 Å². The Kier molecular flexibility index (Phi) is 7.33. The number of ether oxygens (including phenoxy) is 1. The lowest BCUT2D eigenvalue weighted by Gasteiger charge is -2.13. The quantitative estimate of drug-likeness (QED) is 0.630. The number of rotatable bonds is 10. The van der Waals surface area contributed by atoms with Gasteiger partial charge in [-0.1, -0.05) is 43.7 Å². The molecule has 0 aliphatic rings. The minimum absolute atomic E-state index is 0.171. The van der Waals surface area contributed by atoms with Crippen LogP contribution in [-0.2, 0) is 17.9 Å². The van der Waals surface area contributed by atoms with Gasteiger partial charge in [0, 0.05) is 12.7 Å². The van der Waals surface area contributed by atoms with Gasteiger partial charge in [0.1, 0.15) is 11.0 Å². The molecule has 2 N–H and O–H groups in total. The van der Waals surface area contributed by atoms with Crippen molar-refractivity contribution in [3.8, 4) is 5.75 Å². The molecule has 25 heavy (non-hydrogen) atoms. The summed E-state index contributed by atoms with van der Waals surface area (Å²) in [5.41, 5.74) is 1.58. The molecular formula is C18H24N2O4S. The number of carboxylic acid groups (broad SMARTS) is 1. The van der Waals surface area contributed by atoms with Crippen molar-refractivity contribution in [3.05, 3.63) is 41.7 Å². The molecule has 0 aliphatic heterocycles. The third-order valence-electron chi connectivity index (χ3n) is 3.81. The van der Waals surface area contributed by atoms with Gasteiger partial charge >= 0.3 is 5.97 Å². The van der Waals surface area contributed by atoms with Crippen LogP contribution in [0, 0.1) is 0 Å². The van der Waals surface area contributed by atoms with Crippen LogP contribution in [0.1, 0.15) is 37.4 Å². The minimum atomic E-state index is -0.831. The molecule has 0 unspecified atom stereocenters. The highest BCUT2D eigenvalue weighted by atomic mass is 32.2. The number of imidazole rings is 1. The number of aliphatic hydroxyl groups is 1. The van der Waals surface area contributed by atoms with Crippen LogP contribution in [0.15, 0.2) is 35.6 Å². The standard InChI is InChI=1S/C18H24N2O4S/c1-3-4-5-16(17(22)23)25-18-19-14(12-21)11-20(18)10-13-6-8-15(24-2)9-7-13/h6-9,11,16,21H,3-5,10,12H2,1-2H3,(H,22,23)/t16-/m0/s1. The van der Waals surface area contributed by atoms with E-state index in [9.17, 15) is 15.0 Å². The highest BCUT2D eigenvalue weighted by Gasteiger charge is 2.21. The van der Waals surface area contributed by atoms with E-state index in [4.69, 9.17) is 4.74 Å². The number of aromatic nitrogens is 2. The maximum absolute atomic E-state index is 11.5. The second-order valence-corrected chi connectivity index (χ2v) is 6.91. The van der Waals surface area contributed by atoms with Gasteiger partial charge in [0.2, 0.25) is 0 Å². The Labute approximate surface area is 151 Å². The average molecular weight is 364 g/mol. The normalized spacial score (nSPS) is 12.1. The number of hydrogen-bond donors (Lipinski definition) is 2. The fraction of sp³-hybridized carbons (Fsp3) is 0.444. The number of nitrogens with zero attached hydrogens (tertiary/aromatic N) is 2. The summed E-state index contributed by atoms with van der Waals surface area (Å²) >= 11 is 1.24. The molecule has 0 bridgehead atoms. The van der Waals surface area contributed by atoms with Crippen LogP contribution in [0.3, 0.4) is 0 Å². The molecule has 0 amide bonds. The number of carbonyl (C=O) groups is 1. The van der Waals surface area contributed by atoms with Crippen LogP contribution in [0.25, 0.3) is 0 Å². The number of thioether (sulfide) groups is 1. The molecule has 0 fully saturated rings. The maximum Gasteiger partial charge on any atom is 0.317 e. The maximum atomic E-state index is 11.5. The Morgan fingerprint density at radius 1 is 1.36 bits per heavy atom. The fourth-order valence-corrected chi connectivity index (χ4v) is 3.47. The number of aliphatic hydroxyl groups excluding tert-OH is 1. The second kappa shape index (κ2) is 9.48. The zero-order valence-electron chi connectivity index (χ0n) is 14.5. The summed E-state index contributed by atoms with van der Waals surface area (Å²) in [5.74, 6) is -0.0477. The molecule has 0 aliphatic carbocycles. The average Bonchev–Trinajstić information content (AvgIpc) is 3.00. The minimum Gasteiger partial charge on any atom is -0.497 e. The molecule has 0 saturated carbocycles. The molecule has 0 saturated heterocycles. The second-order valence-electron chi connectivity index (χ2n) is 5.74. The smallest absolute Gasteiger partial charge is 0.317 e. The zero-order valence-corrected chi connectivity index (χ0v) is 15.3. The molecule has 2 aromatic rings. The molecule has 7 heteroatoms. The fourth-order valence-electron chi connectivity index (χ4n) is 2.41. The van der Waals surface area contributed by atoms with Crippen LogP contribution < -0.4 is 4.74 Å². The van der Waals surface area contributed by atoms with Crippen LogP contribution in [-0.4, -0.2) is 38.1 Å². The topological polar surface area (TPSA) is 84.6 Å². The molecule has 136 valence electrons. The summed E-state index contributed by atoms with van der Waals surface area (Å²) in [6, 6.07) is 7.68. The molecule has 1 aromatic carbocycles. The van der Waals surface area contributed by atoms with Crippen molar-refractivity contribution in [3.63, 3.8) is 0 Å². The summed E-state index contributed by atoms with van der Waals surface area (Å²) in [6.45, 7) is 2.42. The lowest BCUT2D eigenvalue weighted by atomic mass is 10.2. The van der Waals surface area contributed by atoms with Crippen LogP contribution in [0.4, 0.5) is 0 Å². The van der Waals surface area contributed by atoms with E-state index in [0.717, 1.165) is 24.2 Å². The van der Waals surface area contributed by atoms with Crippen LogP contribution >= 0.6 is 11.8 Å². The molecule has 1 aromatic heterocycles. The number of aliphatic carboxylic acids is 1. The third kappa shape index (κ3) is 5.51. The van der Waals surface area contributed by atoms with E-state index in [1.165, 1.54) is 11.8 Å². The van der Waals surface area contributed by atoms with E-state index in [2.05, 4.69) is 4.98 Å². The van der Waals surface area contributed by atoms with Crippen molar-refractivity contribution in [2.75, 3.05) is 7.11 Å². The van der Waals surface area contributed by atoms with Crippen molar-refractivity contribution < 1.29 is 19.7 Å². The molecule has 0 radical (unpaired) electrons. The van der Waals surface area contributed by atoms with Crippen molar-refractivity contribution in [2.24, 2.45) is 0 Å². The van der Waals surface area contributed by atoms with Gasteiger partial charge in [0.25, 0.3) is 0 Å². The first-order valence-corrected chi connectivity index (χ1v) is 9.14. The Morgan fingerprint density at radius 2 is 2.08 bits per heavy atom. The molecule has 6 nitrogen and oxygen atoms in total. The van der Waals surface area contributed by atoms with Gasteiger partial charge in [-0.15, -0.1) is 0 Å². The molecule has 2 rings (SSSR count). The Hall–Kier alpha value is -1.99.